The minimum Gasteiger partial charge on any atom is -0.478 e. The maximum atomic E-state index is 10.8. The highest BCUT2D eigenvalue weighted by molar-refractivity contribution is 5.88. The largest absolute Gasteiger partial charge is 0.478 e. The smallest absolute Gasteiger partial charge is 0.339 e. The first-order valence-corrected chi connectivity index (χ1v) is 5.51. The summed E-state index contributed by atoms with van der Waals surface area (Å²) in [6.07, 6.45) is 1.65. The maximum absolute atomic E-state index is 10.8. The van der Waals surface area contributed by atoms with Crippen LogP contribution in [0.15, 0.2) is 21.1 Å². The summed E-state index contributed by atoms with van der Waals surface area (Å²) in [5.41, 5.74) is 0.193. The van der Waals surface area contributed by atoms with Crippen molar-refractivity contribution in [3.63, 3.8) is 0 Å². The Balaban J connectivity index is 1.90. The molecule has 96 valence electrons. The fraction of sp³-hybridized carbons (Fsp3) is 0.333. The molecule has 0 saturated heterocycles. The van der Waals surface area contributed by atoms with E-state index >= 15 is 0 Å². The summed E-state index contributed by atoms with van der Waals surface area (Å²) < 4.78 is 10.6. The maximum Gasteiger partial charge on any atom is 0.339 e. The molecule has 0 atom stereocenters. The highest BCUT2D eigenvalue weighted by Gasteiger charge is 2.13. The minimum absolute atomic E-state index is 0.193. The zero-order valence-corrected chi connectivity index (χ0v) is 10.2. The molecular weight excluding hydrogens is 236 g/mol. The molecule has 0 unspecified atom stereocenters. The Hall–Kier alpha value is -2.08. The van der Waals surface area contributed by atoms with Crippen LogP contribution < -0.4 is 5.32 Å². The van der Waals surface area contributed by atoms with Crippen molar-refractivity contribution in [1.82, 2.24) is 10.3 Å². The van der Waals surface area contributed by atoms with Crippen molar-refractivity contribution in [3.8, 4) is 0 Å². The number of carbonyl (C=O) groups is 1. The second kappa shape index (κ2) is 5.05. The molecule has 0 radical (unpaired) electrons. The molecule has 0 aromatic carbocycles. The summed E-state index contributed by atoms with van der Waals surface area (Å²) in [5.74, 6) is 1.35. The predicted octanol–water partition coefficient (Wildman–Crippen LogP) is 1.87. The van der Waals surface area contributed by atoms with Gasteiger partial charge in [0.2, 0.25) is 5.89 Å². The van der Waals surface area contributed by atoms with E-state index in [1.807, 2.05) is 6.92 Å². The zero-order valence-electron chi connectivity index (χ0n) is 10.2. The molecule has 0 aliphatic rings. The zero-order chi connectivity index (χ0) is 13.1. The van der Waals surface area contributed by atoms with Crippen LogP contribution in [0.1, 0.15) is 33.5 Å². The van der Waals surface area contributed by atoms with Crippen LogP contribution >= 0.6 is 0 Å². The number of hydrogen-bond acceptors (Lipinski definition) is 5. The van der Waals surface area contributed by atoms with Gasteiger partial charge in [-0.05, 0) is 19.9 Å². The van der Waals surface area contributed by atoms with Crippen molar-refractivity contribution in [2.45, 2.75) is 26.9 Å². The van der Waals surface area contributed by atoms with Crippen LogP contribution in [-0.2, 0) is 13.1 Å². The average Bonchev–Trinajstić information content (AvgIpc) is 2.85. The topological polar surface area (TPSA) is 88.5 Å². The monoisotopic (exact) mass is 250 g/mol. The van der Waals surface area contributed by atoms with Gasteiger partial charge in [0.25, 0.3) is 0 Å². The van der Waals surface area contributed by atoms with Crippen molar-refractivity contribution in [1.29, 1.82) is 0 Å². The lowest BCUT2D eigenvalue weighted by atomic mass is 10.2. The first-order valence-electron chi connectivity index (χ1n) is 5.51. The molecule has 2 heterocycles. The van der Waals surface area contributed by atoms with Gasteiger partial charge in [0.15, 0.2) is 0 Å². The van der Waals surface area contributed by atoms with Crippen LogP contribution in [0.2, 0.25) is 0 Å². The Morgan fingerprint density at radius 2 is 2.17 bits per heavy atom. The van der Waals surface area contributed by atoms with Gasteiger partial charge in [0.1, 0.15) is 22.8 Å². The number of aromatic nitrogens is 1. The highest BCUT2D eigenvalue weighted by atomic mass is 16.4. The predicted molar refractivity (Wildman–Crippen MR) is 62.2 cm³/mol. The Kier molecular flexibility index (Phi) is 3.47. The molecule has 2 aromatic heterocycles. The molecular formula is C12H14N2O4. The van der Waals surface area contributed by atoms with Crippen molar-refractivity contribution in [3.05, 3.63) is 41.0 Å². The standard InChI is InChI=1S/C12H14N2O4/c1-7-4-14-11(17-7)6-13-5-9-3-10(12(15)16)8(2)18-9/h3-4,13H,5-6H2,1-2H3,(H,15,16). The van der Waals surface area contributed by atoms with E-state index in [0.717, 1.165) is 5.76 Å². The SMILES string of the molecule is Cc1cnc(CNCc2cc(C(=O)O)c(C)o2)o1. The molecule has 0 fully saturated rings. The van der Waals surface area contributed by atoms with E-state index in [-0.39, 0.29) is 5.56 Å². The molecule has 0 aliphatic carbocycles. The molecule has 0 spiro atoms. The number of carboxylic acid groups (broad SMARTS) is 1. The van der Waals surface area contributed by atoms with Gasteiger partial charge in [0.05, 0.1) is 19.3 Å². The second-order valence-corrected chi connectivity index (χ2v) is 3.96. The number of furan rings is 1. The molecule has 6 heteroatoms. The van der Waals surface area contributed by atoms with Gasteiger partial charge in [-0.3, -0.25) is 0 Å². The molecule has 0 aliphatic heterocycles. The number of rotatable bonds is 5. The Morgan fingerprint density at radius 1 is 1.39 bits per heavy atom. The van der Waals surface area contributed by atoms with Crippen LogP contribution in [-0.4, -0.2) is 16.1 Å². The third-order valence-corrected chi connectivity index (χ3v) is 2.44. The molecule has 18 heavy (non-hydrogen) atoms. The Bertz CT molecular complexity index is 556. The van der Waals surface area contributed by atoms with E-state index in [2.05, 4.69) is 10.3 Å². The number of carboxylic acids is 1. The van der Waals surface area contributed by atoms with Gasteiger partial charge < -0.3 is 19.3 Å². The van der Waals surface area contributed by atoms with Crippen LogP contribution in [0.4, 0.5) is 0 Å². The van der Waals surface area contributed by atoms with Crippen molar-refractivity contribution in [2.24, 2.45) is 0 Å². The van der Waals surface area contributed by atoms with Crippen LogP contribution in [0, 0.1) is 13.8 Å². The molecule has 6 nitrogen and oxygen atoms in total. The van der Waals surface area contributed by atoms with Crippen LogP contribution in [0.5, 0.6) is 0 Å². The van der Waals surface area contributed by atoms with E-state index in [0.29, 0.717) is 30.5 Å². The fourth-order valence-electron chi connectivity index (χ4n) is 1.62. The Labute approximate surface area is 104 Å². The van der Waals surface area contributed by atoms with Crippen molar-refractivity contribution in [2.75, 3.05) is 0 Å². The molecule has 0 saturated carbocycles. The van der Waals surface area contributed by atoms with E-state index in [4.69, 9.17) is 13.9 Å². The van der Waals surface area contributed by atoms with Crippen molar-refractivity contribution >= 4 is 5.97 Å². The highest BCUT2D eigenvalue weighted by Crippen LogP contribution is 2.14. The molecule has 0 bridgehead atoms. The van der Waals surface area contributed by atoms with E-state index in [1.54, 1.807) is 13.1 Å². The summed E-state index contributed by atoms with van der Waals surface area (Å²) in [7, 11) is 0. The first kappa shape index (κ1) is 12.4. The number of aromatic carboxylic acids is 1. The molecule has 2 N–H and O–H groups in total. The quantitative estimate of drug-likeness (QED) is 0.842. The van der Waals surface area contributed by atoms with Crippen LogP contribution in [0.25, 0.3) is 0 Å². The number of aryl methyl sites for hydroxylation is 2. The molecule has 2 aromatic rings. The van der Waals surface area contributed by atoms with Gasteiger partial charge in [-0.1, -0.05) is 0 Å². The third-order valence-electron chi connectivity index (χ3n) is 2.44. The van der Waals surface area contributed by atoms with Gasteiger partial charge >= 0.3 is 5.97 Å². The van der Waals surface area contributed by atoms with E-state index < -0.39 is 5.97 Å². The number of oxazole rings is 1. The van der Waals surface area contributed by atoms with Gasteiger partial charge in [-0.15, -0.1) is 0 Å². The normalized spacial score (nSPS) is 10.8. The summed E-state index contributed by atoms with van der Waals surface area (Å²) in [6.45, 7) is 4.35. The lowest BCUT2D eigenvalue weighted by molar-refractivity contribution is 0.0695. The summed E-state index contributed by atoms with van der Waals surface area (Å²) in [6, 6.07) is 1.52. The number of nitrogens with one attached hydrogen (secondary N) is 1. The summed E-state index contributed by atoms with van der Waals surface area (Å²) >= 11 is 0. The van der Waals surface area contributed by atoms with Gasteiger partial charge in [-0.2, -0.15) is 0 Å². The minimum atomic E-state index is -0.981. The van der Waals surface area contributed by atoms with Gasteiger partial charge in [0, 0.05) is 0 Å². The van der Waals surface area contributed by atoms with Gasteiger partial charge in [-0.25, -0.2) is 9.78 Å². The molecule has 2 rings (SSSR count). The summed E-state index contributed by atoms with van der Waals surface area (Å²) in [5, 5.41) is 11.9. The van der Waals surface area contributed by atoms with E-state index in [1.165, 1.54) is 6.07 Å². The average molecular weight is 250 g/mol. The molecule has 0 amide bonds. The fourth-order valence-corrected chi connectivity index (χ4v) is 1.62. The van der Waals surface area contributed by atoms with Crippen LogP contribution in [0.3, 0.4) is 0 Å². The lowest BCUT2D eigenvalue weighted by Gasteiger charge is -1.98. The number of nitrogens with zero attached hydrogens (tertiary/aromatic N) is 1. The second-order valence-electron chi connectivity index (χ2n) is 3.96. The third kappa shape index (κ3) is 2.78. The van der Waals surface area contributed by atoms with E-state index in [9.17, 15) is 4.79 Å². The lowest BCUT2D eigenvalue weighted by Crippen LogP contribution is -2.12. The number of hydrogen-bond donors (Lipinski definition) is 2. The first-order chi connectivity index (χ1) is 8.56. The Morgan fingerprint density at radius 3 is 2.72 bits per heavy atom. The summed E-state index contributed by atoms with van der Waals surface area (Å²) in [4.78, 5) is 14.9. The van der Waals surface area contributed by atoms with Crippen molar-refractivity contribution < 1.29 is 18.7 Å².